The van der Waals surface area contributed by atoms with Crippen LogP contribution >= 0.6 is 0 Å². The number of hydrogen-bond acceptors (Lipinski definition) is 4. The molecule has 2 N–H and O–H groups in total. The second-order valence-electron chi connectivity index (χ2n) is 5.96. The highest BCUT2D eigenvalue weighted by atomic mass is 16.5. The van der Waals surface area contributed by atoms with E-state index in [-0.39, 0.29) is 6.10 Å². The maximum Gasteiger partial charge on any atom is 0.320 e. The predicted molar refractivity (Wildman–Crippen MR) is 73.2 cm³/mol. The van der Waals surface area contributed by atoms with Gasteiger partial charge in [0.15, 0.2) is 0 Å². The Morgan fingerprint density at radius 1 is 1.47 bits per heavy atom. The molecule has 2 aliphatic rings. The van der Waals surface area contributed by atoms with Crippen LogP contribution in [0.3, 0.4) is 0 Å². The number of aliphatic carboxylic acids is 1. The lowest BCUT2D eigenvalue weighted by molar-refractivity contribution is -0.139. The Balaban J connectivity index is 1.75. The second-order valence-corrected chi connectivity index (χ2v) is 5.96. The van der Waals surface area contributed by atoms with Crippen LogP contribution in [0, 0.1) is 5.92 Å². The normalized spacial score (nSPS) is 30.2. The first-order chi connectivity index (χ1) is 9.10. The van der Waals surface area contributed by atoms with Crippen molar-refractivity contribution in [2.24, 2.45) is 5.92 Å². The topological polar surface area (TPSA) is 61.8 Å². The number of methoxy groups -OCH3 is 1. The van der Waals surface area contributed by atoms with Crippen LogP contribution in [0.2, 0.25) is 0 Å². The highest BCUT2D eigenvalue weighted by molar-refractivity contribution is 5.73. The van der Waals surface area contributed by atoms with Gasteiger partial charge >= 0.3 is 5.97 Å². The molecule has 0 bridgehead atoms. The minimum Gasteiger partial charge on any atom is -0.480 e. The highest BCUT2D eigenvalue weighted by Crippen LogP contribution is 2.21. The molecule has 1 aliphatic heterocycles. The molecule has 1 saturated carbocycles. The molecule has 0 aromatic rings. The van der Waals surface area contributed by atoms with Crippen molar-refractivity contribution in [2.45, 2.75) is 50.8 Å². The smallest absolute Gasteiger partial charge is 0.320 e. The van der Waals surface area contributed by atoms with Crippen molar-refractivity contribution in [3.05, 3.63) is 0 Å². The van der Waals surface area contributed by atoms with Gasteiger partial charge in [-0.15, -0.1) is 0 Å². The minimum absolute atomic E-state index is 0.286. The van der Waals surface area contributed by atoms with Gasteiger partial charge in [0, 0.05) is 26.2 Å². The number of carboxylic acid groups (broad SMARTS) is 1. The van der Waals surface area contributed by atoms with Crippen LogP contribution in [0.15, 0.2) is 0 Å². The molecule has 0 aromatic carbocycles. The predicted octanol–water partition coefficient (Wildman–Crippen LogP) is 0.939. The molecule has 3 unspecified atom stereocenters. The SMILES string of the molecule is COC1CN(CCC(NC2CC2)C(=O)O)CCC1C. The van der Waals surface area contributed by atoms with Crippen LogP contribution in [0.4, 0.5) is 0 Å². The van der Waals surface area contributed by atoms with E-state index in [1.54, 1.807) is 7.11 Å². The summed E-state index contributed by atoms with van der Waals surface area (Å²) >= 11 is 0. The summed E-state index contributed by atoms with van der Waals surface area (Å²) in [6.45, 7) is 5.04. The lowest BCUT2D eigenvalue weighted by Crippen LogP contribution is -2.46. The molecular formula is C14H26N2O3. The molecule has 2 rings (SSSR count). The van der Waals surface area contributed by atoms with Gasteiger partial charge in [0.05, 0.1) is 6.10 Å². The molecule has 0 amide bonds. The van der Waals surface area contributed by atoms with Crippen LogP contribution in [0.1, 0.15) is 32.6 Å². The average Bonchev–Trinajstić information content (AvgIpc) is 3.19. The Labute approximate surface area is 115 Å². The number of rotatable bonds is 7. The van der Waals surface area contributed by atoms with E-state index >= 15 is 0 Å². The van der Waals surface area contributed by atoms with Gasteiger partial charge in [0.2, 0.25) is 0 Å². The lowest BCUT2D eigenvalue weighted by atomic mass is 9.95. The Bertz CT molecular complexity index is 307. The first-order valence-electron chi connectivity index (χ1n) is 7.34. The largest absolute Gasteiger partial charge is 0.480 e. The molecule has 1 heterocycles. The summed E-state index contributed by atoms with van der Waals surface area (Å²) in [4.78, 5) is 13.5. The number of carbonyl (C=O) groups is 1. The summed E-state index contributed by atoms with van der Waals surface area (Å²) in [6.07, 6.45) is 4.34. The molecule has 2 fully saturated rings. The third kappa shape index (κ3) is 4.44. The van der Waals surface area contributed by atoms with Crippen molar-refractivity contribution in [2.75, 3.05) is 26.7 Å². The summed E-state index contributed by atoms with van der Waals surface area (Å²) in [5.74, 6) is -0.123. The van der Waals surface area contributed by atoms with Gasteiger partial charge in [-0.3, -0.25) is 4.79 Å². The van der Waals surface area contributed by atoms with Crippen LogP contribution in [-0.2, 0) is 9.53 Å². The first kappa shape index (κ1) is 14.8. The molecule has 1 saturated heterocycles. The Hall–Kier alpha value is -0.650. The van der Waals surface area contributed by atoms with E-state index in [0.717, 1.165) is 38.9 Å². The third-order valence-electron chi connectivity index (χ3n) is 4.32. The average molecular weight is 270 g/mol. The zero-order valence-corrected chi connectivity index (χ0v) is 12.0. The highest BCUT2D eigenvalue weighted by Gasteiger charge is 2.30. The van der Waals surface area contributed by atoms with Crippen LogP contribution in [-0.4, -0.2) is 60.9 Å². The molecule has 0 spiro atoms. The first-order valence-corrected chi connectivity index (χ1v) is 7.34. The molecule has 5 heteroatoms. The maximum absolute atomic E-state index is 11.2. The number of hydrogen-bond donors (Lipinski definition) is 2. The number of nitrogens with zero attached hydrogens (tertiary/aromatic N) is 1. The van der Waals surface area contributed by atoms with Gasteiger partial charge in [-0.25, -0.2) is 0 Å². The molecule has 5 nitrogen and oxygen atoms in total. The molecule has 1 aliphatic carbocycles. The van der Waals surface area contributed by atoms with Crippen LogP contribution < -0.4 is 5.32 Å². The van der Waals surface area contributed by atoms with E-state index in [2.05, 4.69) is 17.1 Å². The van der Waals surface area contributed by atoms with E-state index in [4.69, 9.17) is 4.74 Å². The van der Waals surface area contributed by atoms with Crippen molar-refractivity contribution in [3.63, 3.8) is 0 Å². The summed E-state index contributed by atoms with van der Waals surface area (Å²) in [5, 5.41) is 12.4. The molecular weight excluding hydrogens is 244 g/mol. The Morgan fingerprint density at radius 2 is 2.21 bits per heavy atom. The fourth-order valence-electron chi connectivity index (χ4n) is 2.73. The van der Waals surface area contributed by atoms with Crippen molar-refractivity contribution in [1.82, 2.24) is 10.2 Å². The van der Waals surface area contributed by atoms with Crippen molar-refractivity contribution >= 4 is 5.97 Å². The summed E-state index contributed by atoms with van der Waals surface area (Å²) in [5.41, 5.74) is 0. The molecule has 0 aromatic heterocycles. The zero-order chi connectivity index (χ0) is 13.8. The van der Waals surface area contributed by atoms with Gasteiger partial charge in [0.1, 0.15) is 6.04 Å². The summed E-state index contributed by atoms with van der Waals surface area (Å²) < 4.78 is 5.49. The molecule has 0 radical (unpaired) electrons. The number of ether oxygens (including phenoxy) is 1. The van der Waals surface area contributed by atoms with E-state index in [1.807, 2.05) is 0 Å². The second kappa shape index (κ2) is 6.68. The Kier molecular flexibility index (Phi) is 5.19. The Morgan fingerprint density at radius 3 is 2.79 bits per heavy atom. The van der Waals surface area contributed by atoms with Gasteiger partial charge in [0.25, 0.3) is 0 Å². The zero-order valence-electron chi connectivity index (χ0n) is 12.0. The number of nitrogens with one attached hydrogen (secondary N) is 1. The van der Waals surface area contributed by atoms with Crippen molar-refractivity contribution in [1.29, 1.82) is 0 Å². The minimum atomic E-state index is -0.722. The number of likely N-dealkylation sites (tertiary alicyclic amines) is 1. The van der Waals surface area contributed by atoms with E-state index in [9.17, 15) is 9.90 Å². The van der Waals surface area contributed by atoms with E-state index in [1.165, 1.54) is 0 Å². The van der Waals surface area contributed by atoms with E-state index in [0.29, 0.717) is 18.4 Å². The van der Waals surface area contributed by atoms with Crippen molar-refractivity contribution < 1.29 is 14.6 Å². The van der Waals surface area contributed by atoms with Gasteiger partial charge in [-0.1, -0.05) is 6.92 Å². The molecule has 19 heavy (non-hydrogen) atoms. The third-order valence-corrected chi connectivity index (χ3v) is 4.32. The van der Waals surface area contributed by atoms with Crippen LogP contribution in [0.25, 0.3) is 0 Å². The summed E-state index contributed by atoms with van der Waals surface area (Å²) in [6, 6.07) is 0.0436. The molecule has 110 valence electrons. The van der Waals surface area contributed by atoms with Crippen LogP contribution in [0.5, 0.6) is 0 Å². The quantitative estimate of drug-likeness (QED) is 0.721. The lowest BCUT2D eigenvalue weighted by Gasteiger charge is -2.36. The van der Waals surface area contributed by atoms with E-state index < -0.39 is 12.0 Å². The number of piperidine rings is 1. The summed E-state index contributed by atoms with van der Waals surface area (Å²) in [7, 11) is 1.76. The van der Waals surface area contributed by atoms with Gasteiger partial charge in [-0.2, -0.15) is 0 Å². The maximum atomic E-state index is 11.2. The van der Waals surface area contributed by atoms with Gasteiger partial charge in [-0.05, 0) is 38.1 Å². The fourth-order valence-corrected chi connectivity index (χ4v) is 2.73. The number of carboxylic acids is 1. The monoisotopic (exact) mass is 270 g/mol. The van der Waals surface area contributed by atoms with Gasteiger partial charge < -0.3 is 20.1 Å². The standard InChI is InChI=1S/C14H26N2O3/c1-10-5-7-16(9-13(10)19-2)8-6-12(14(17)18)15-11-3-4-11/h10-13,15H,3-9H2,1-2H3,(H,17,18). The fraction of sp³-hybridized carbons (Fsp3) is 0.929. The molecule has 3 atom stereocenters. The van der Waals surface area contributed by atoms with Crippen molar-refractivity contribution in [3.8, 4) is 0 Å².